The van der Waals surface area contributed by atoms with Gasteiger partial charge in [-0.2, -0.15) is 0 Å². The van der Waals surface area contributed by atoms with Gasteiger partial charge < -0.3 is 10.1 Å². The quantitative estimate of drug-likeness (QED) is 0.940. The predicted molar refractivity (Wildman–Crippen MR) is 87.3 cm³/mol. The maximum absolute atomic E-state index is 5.39. The van der Waals surface area contributed by atoms with Gasteiger partial charge in [0.1, 0.15) is 0 Å². The lowest BCUT2D eigenvalue weighted by Crippen LogP contribution is -2.35. The van der Waals surface area contributed by atoms with E-state index < -0.39 is 0 Å². The average Bonchev–Trinajstić information content (AvgIpc) is 2.52. The first-order chi connectivity index (χ1) is 10.7. The van der Waals surface area contributed by atoms with Crippen molar-refractivity contribution in [2.24, 2.45) is 0 Å². The van der Waals surface area contributed by atoms with E-state index in [0.717, 1.165) is 49.8 Å². The Morgan fingerprint density at radius 3 is 2.82 bits per heavy atom. The maximum Gasteiger partial charge on any atom is 0.227 e. The van der Waals surface area contributed by atoms with Crippen LogP contribution >= 0.6 is 0 Å². The number of aryl methyl sites for hydroxylation is 2. The van der Waals surface area contributed by atoms with Crippen molar-refractivity contribution in [3.05, 3.63) is 47.3 Å². The number of benzene rings is 1. The molecule has 1 N–H and O–H groups in total. The minimum Gasteiger partial charge on any atom is -0.379 e. The van der Waals surface area contributed by atoms with Crippen LogP contribution in [-0.4, -0.2) is 41.2 Å². The first kappa shape index (κ1) is 14.9. The van der Waals surface area contributed by atoms with Crippen molar-refractivity contribution < 1.29 is 4.74 Å². The van der Waals surface area contributed by atoms with E-state index in [1.807, 2.05) is 26.1 Å². The Hall–Kier alpha value is -1.98. The molecule has 0 aliphatic carbocycles. The van der Waals surface area contributed by atoms with E-state index in [9.17, 15) is 0 Å². The van der Waals surface area contributed by atoms with Crippen LogP contribution in [0.5, 0.6) is 0 Å². The van der Waals surface area contributed by atoms with Crippen molar-refractivity contribution in [1.82, 2.24) is 14.9 Å². The molecule has 1 fully saturated rings. The Morgan fingerprint density at radius 1 is 1.23 bits per heavy atom. The van der Waals surface area contributed by atoms with Crippen LogP contribution in [0.15, 0.2) is 30.5 Å². The summed E-state index contributed by atoms with van der Waals surface area (Å²) in [5, 5.41) is 3.28. The molecule has 3 rings (SSSR count). The summed E-state index contributed by atoms with van der Waals surface area (Å²) in [7, 11) is 0. The molecule has 0 spiro atoms. The summed E-state index contributed by atoms with van der Waals surface area (Å²) in [4.78, 5) is 11.2. The number of nitrogens with zero attached hydrogens (tertiary/aromatic N) is 3. The third kappa shape index (κ3) is 3.81. The lowest BCUT2D eigenvalue weighted by molar-refractivity contribution is 0.0342. The summed E-state index contributed by atoms with van der Waals surface area (Å²) in [6.07, 6.45) is 1.85. The van der Waals surface area contributed by atoms with Gasteiger partial charge in [-0.25, -0.2) is 9.97 Å². The minimum atomic E-state index is 0.645. The fourth-order valence-corrected chi connectivity index (χ4v) is 2.48. The molecular weight excluding hydrogens is 276 g/mol. The molecular formula is C17H22N4O. The first-order valence-electron chi connectivity index (χ1n) is 7.67. The normalized spacial score (nSPS) is 15.7. The highest BCUT2D eigenvalue weighted by Crippen LogP contribution is 2.17. The summed E-state index contributed by atoms with van der Waals surface area (Å²) in [5.74, 6) is 0.645. The van der Waals surface area contributed by atoms with Crippen LogP contribution in [-0.2, 0) is 11.3 Å². The van der Waals surface area contributed by atoms with Crippen molar-refractivity contribution >= 4 is 11.6 Å². The summed E-state index contributed by atoms with van der Waals surface area (Å²) in [6.45, 7) is 8.62. The zero-order chi connectivity index (χ0) is 15.4. The third-order valence-electron chi connectivity index (χ3n) is 3.92. The number of nitrogens with one attached hydrogen (secondary N) is 1. The molecule has 0 unspecified atom stereocenters. The van der Waals surface area contributed by atoms with Crippen LogP contribution in [0, 0.1) is 13.8 Å². The van der Waals surface area contributed by atoms with Gasteiger partial charge in [0, 0.05) is 37.2 Å². The molecule has 0 amide bonds. The van der Waals surface area contributed by atoms with Gasteiger partial charge in [-0.05, 0) is 37.1 Å². The smallest absolute Gasteiger partial charge is 0.227 e. The topological polar surface area (TPSA) is 50.3 Å². The number of ether oxygens (including phenoxy) is 1. The van der Waals surface area contributed by atoms with E-state index in [1.54, 1.807) is 0 Å². The number of rotatable bonds is 4. The monoisotopic (exact) mass is 298 g/mol. The summed E-state index contributed by atoms with van der Waals surface area (Å²) in [6, 6.07) is 8.43. The van der Waals surface area contributed by atoms with Crippen LogP contribution in [0.4, 0.5) is 11.6 Å². The van der Waals surface area contributed by atoms with Crippen LogP contribution in [0.1, 0.15) is 16.8 Å². The molecule has 1 saturated heterocycles. The van der Waals surface area contributed by atoms with Gasteiger partial charge in [-0.3, -0.25) is 4.90 Å². The van der Waals surface area contributed by atoms with Crippen molar-refractivity contribution in [3.63, 3.8) is 0 Å². The van der Waals surface area contributed by atoms with Crippen molar-refractivity contribution in [2.75, 3.05) is 31.6 Å². The standard InChI is InChI=1S/C17H22N4O/c1-13-11-18-17(19-14(13)2)20-16-5-3-4-15(10-16)12-21-6-8-22-9-7-21/h3-5,10-11H,6-9,12H2,1-2H3,(H,18,19,20). The Labute approximate surface area is 131 Å². The molecule has 1 aromatic heterocycles. The molecule has 116 valence electrons. The molecule has 0 saturated carbocycles. The Balaban J connectivity index is 1.68. The Morgan fingerprint density at radius 2 is 2.05 bits per heavy atom. The van der Waals surface area contributed by atoms with Gasteiger partial charge in [0.15, 0.2) is 0 Å². The Kier molecular flexibility index (Phi) is 4.65. The second-order valence-corrected chi connectivity index (χ2v) is 5.68. The van der Waals surface area contributed by atoms with Crippen molar-refractivity contribution in [1.29, 1.82) is 0 Å². The molecule has 5 heteroatoms. The van der Waals surface area contributed by atoms with E-state index >= 15 is 0 Å². The number of aromatic nitrogens is 2. The zero-order valence-electron chi connectivity index (χ0n) is 13.2. The molecule has 1 aliphatic heterocycles. The van der Waals surface area contributed by atoms with Crippen LogP contribution < -0.4 is 5.32 Å². The molecule has 0 atom stereocenters. The molecule has 2 aromatic rings. The second-order valence-electron chi connectivity index (χ2n) is 5.68. The second kappa shape index (κ2) is 6.85. The summed E-state index contributed by atoms with van der Waals surface area (Å²) in [5.41, 5.74) is 4.42. The molecule has 5 nitrogen and oxygen atoms in total. The summed E-state index contributed by atoms with van der Waals surface area (Å²) < 4.78 is 5.39. The fraction of sp³-hybridized carbons (Fsp3) is 0.412. The highest BCUT2D eigenvalue weighted by Gasteiger charge is 2.11. The fourth-order valence-electron chi connectivity index (χ4n) is 2.48. The summed E-state index contributed by atoms with van der Waals surface area (Å²) >= 11 is 0. The van der Waals surface area contributed by atoms with Gasteiger partial charge in [0.25, 0.3) is 0 Å². The highest BCUT2D eigenvalue weighted by atomic mass is 16.5. The largest absolute Gasteiger partial charge is 0.379 e. The molecule has 0 radical (unpaired) electrons. The molecule has 1 aromatic carbocycles. The van der Waals surface area contributed by atoms with Gasteiger partial charge in [-0.1, -0.05) is 12.1 Å². The van der Waals surface area contributed by atoms with Crippen molar-refractivity contribution in [3.8, 4) is 0 Å². The molecule has 0 bridgehead atoms. The van der Waals surface area contributed by atoms with E-state index in [-0.39, 0.29) is 0 Å². The van der Waals surface area contributed by atoms with Crippen LogP contribution in [0.25, 0.3) is 0 Å². The van der Waals surface area contributed by atoms with E-state index in [4.69, 9.17) is 4.74 Å². The first-order valence-corrected chi connectivity index (χ1v) is 7.67. The zero-order valence-corrected chi connectivity index (χ0v) is 13.2. The average molecular weight is 298 g/mol. The number of morpholine rings is 1. The molecule has 2 heterocycles. The predicted octanol–water partition coefficient (Wildman–Crippen LogP) is 2.67. The van der Waals surface area contributed by atoms with E-state index in [1.165, 1.54) is 5.56 Å². The maximum atomic E-state index is 5.39. The van der Waals surface area contributed by atoms with E-state index in [2.05, 4.69) is 38.4 Å². The lowest BCUT2D eigenvalue weighted by atomic mass is 10.2. The Bertz CT molecular complexity index is 638. The van der Waals surface area contributed by atoms with Gasteiger partial charge >= 0.3 is 0 Å². The van der Waals surface area contributed by atoms with Gasteiger partial charge in [0.2, 0.25) is 5.95 Å². The lowest BCUT2D eigenvalue weighted by Gasteiger charge is -2.26. The van der Waals surface area contributed by atoms with Crippen molar-refractivity contribution in [2.45, 2.75) is 20.4 Å². The third-order valence-corrected chi connectivity index (χ3v) is 3.92. The highest BCUT2D eigenvalue weighted by molar-refractivity contribution is 5.54. The van der Waals surface area contributed by atoms with Gasteiger partial charge in [-0.15, -0.1) is 0 Å². The SMILES string of the molecule is Cc1cnc(Nc2cccc(CN3CCOCC3)c2)nc1C. The molecule has 22 heavy (non-hydrogen) atoms. The van der Waals surface area contributed by atoms with Crippen LogP contribution in [0.3, 0.4) is 0 Å². The van der Waals surface area contributed by atoms with Gasteiger partial charge in [0.05, 0.1) is 13.2 Å². The minimum absolute atomic E-state index is 0.645. The number of anilines is 2. The van der Waals surface area contributed by atoms with Crippen LogP contribution in [0.2, 0.25) is 0 Å². The van der Waals surface area contributed by atoms with E-state index in [0.29, 0.717) is 5.95 Å². The number of hydrogen-bond donors (Lipinski definition) is 1. The molecule has 1 aliphatic rings. The number of hydrogen-bond acceptors (Lipinski definition) is 5.